The van der Waals surface area contributed by atoms with E-state index < -0.39 is 51.4 Å². The molecule has 3 aliphatic heterocycles. The van der Waals surface area contributed by atoms with Crippen LogP contribution in [0.15, 0.2) is 4.42 Å². The molecule has 0 amide bonds. The van der Waals surface area contributed by atoms with E-state index in [-0.39, 0.29) is 28.8 Å². The first-order chi connectivity index (χ1) is 16.0. The van der Waals surface area contributed by atoms with Crippen molar-refractivity contribution < 1.29 is 36.0 Å². The number of nitrogens with one attached hydrogen (secondary N) is 1. The number of oxazole rings is 1. The van der Waals surface area contributed by atoms with Crippen molar-refractivity contribution >= 4 is 22.6 Å². The van der Waals surface area contributed by atoms with Crippen LogP contribution in [0.2, 0.25) is 36.3 Å². The van der Waals surface area contributed by atoms with Crippen LogP contribution in [0.4, 0.5) is 13.2 Å². The molecule has 3 atom stereocenters. The quantitative estimate of drug-likeness (QED) is 0.382. The predicted octanol–water partition coefficient (Wildman–Crippen LogP) is 6.61. The Morgan fingerprint density at radius 1 is 1.08 bits per heavy atom. The van der Waals surface area contributed by atoms with Crippen molar-refractivity contribution in [2.75, 3.05) is 0 Å². The van der Waals surface area contributed by atoms with E-state index in [4.69, 9.17) is 18.0 Å². The number of halogens is 3. The van der Waals surface area contributed by atoms with Crippen LogP contribution in [0, 0.1) is 0 Å². The van der Waals surface area contributed by atoms with Crippen LogP contribution in [-0.4, -0.2) is 45.6 Å². The number of carbonyl (C=O) groups excluding carboxylic acids is 1. The maximum atomic E-state index is 14.6. The number of alkyl halides is 3. The van der Waals surface area contributed by atoms with Gasteiger partial charge in [0.05, 0.1) is 0 Å². The largest absolute Gasteiger partial charge is 0.514 e. The second-order valence-corrected chi connectivity index (χ2v) is 22.5. The Bertz CT molecular complexity index is 1000. The van der Waals surface area contributed by atoms with E-state index in [0.29, 0.717) is 12.8 Å². The fourth-order valence-electron chi connectivity index (χ4n) is 3.94. The average molecular weight is 551 g/mol. The summed E-state index contributed by atoms with van der Waals surface area (Å²) in [6.45, 7) is 21.3. The van der Waals surface area contributed by atoms with E-state index in [2.05, 4.69) is 10.3 Å². The summed E-state index contributed by atoms with van der Waals surface area (Å²) in [6, 6.07) is 0. The third-order valence-electron chi connectivity index (χ3n) is 8.24. The summed E-state index contributed by atoms with van der Waals surface area (Å²) in [5.41, 5.74) is -4.98. The molecule has 4 rings (SSSR count). The molecule has 0 aromatic carbocycles. The Hall–Kier alpha value is -1.22. The SMILES string of the molecule is CCCc1oc(C2(O[Si](C)(C)C(C)(C)C)NC3CC2(C(F)(F)F)O3)nc1C(=O)O[Si](C)(C)C(C)(C)C. The molecule has 4 heterocycles. The summed E-state index contributed by atoms with van der Waals surface area (Å²) in [7, 11) is -5.36. The van der Waals surface area contributed by atoms with Crippen molar-refractivity contribution in [2.45, 2.75) is 128 Å². The van der Waals surface area contributed by atoms with Gasteiger partial charge in [-0.2, -0.15) is 13.2 Å². The minimum atomic E-state index is -4.77. The van der Waals surface area contributed by atoms with Crippen molar-refractivity contribution in [2.24, 2.45) is 0 Å². The van der Waals surface area contributed by atoms with Gasteiger partial charge < -0.3 is 18.0 Å². The lowest BCUT2D eigenvalue weighted by atomic mass is 9.86. The Labute approximate surface area is 214 Å². The van der Waals surface area contributed by atoms with Gasteiger partial charge in [0.15, 0.2) is 14.0 Å². The van der Waals surface area contributed by atoms with Crippen LogP contribution in [0.1, 0.15) is 83.4 Å². The molecule has 2 bridgehead atoms. The molecule has 3 fully saturated rings. The summed E-state index contributed by atoms with van der Waals surface area (Å²) in [6.07, 6.45) is -5.05. The molecule has 0 saturated carbocycles. The molecule has 7 nitrogen and oxygen atoms in total. The minimum absolute atomic E-state index is 0.0990. The lowest BCUT2D eigenvalue weighted by Crippen LogP contribution is -2.67. The number of fused-ring (bicyclic) bond motifs is 1. The number of aromatic nitrogens is 1. The summed E-state index contributed by atoms with van der Waals surface area (Å²) >= 11 is 0. The molecule has 1 aromatic heterocycles. The smallest absolute Gasteiger partial charge is 0.422 e. The molecule has 0 spiro atoms. The Kier molecular flexibility index (Phi) is 7.05. The molecule has 206 valence electrons. The Balaban J connectivity index is 2.17. The zero-order chi connectivity index (χ0) is 27.8. The second kappa shape index (κ2) is 8.65. The molecule has 12 heteroatoms. The Morgan fingerprint density at radius 3 is 2.06 bits per heavy atom. The van der Waals surface area contributed by atoms with E-state index in [1.165, 1.54) is 0 Å². The first-order valence-electron chi connectivity index (χ1n) is 12.5. The zero-order valence-electron chi connectivity index (χ0n) is 23.3. The third kappa shape index (κ3) is 4.50. The van der Waals surface area contributed by atoms with Crippen LogP contribution in [0.3, 0.4) is 0 Å². The van der Waals surface area contributed by atoms with Crippen molar-refractivity contribution in [3.8, 4) is 0 Å². The van der Waals surface area contributed by atoms with E-state index in [1.54, 1.807) is 0 Å². The first-order valence-corrected chi connectivity index (χ1v) is 18.3. The highest BCUT2D eigenvalue weighted by Gasteiger charge is 2.84. The number of nitrogens with zero attached hydrogens (tertiary/aromatic N) is 1. The number of aryl methyl sites for hydroxylation is 1. The van der Waals surface area contributed by atoms with E-state index in [0.717, 1.165) is 0 Å². The highest BCUT2D eigenvalue weighted by Crippen LogP contribution is 2.63. The van der Waals surface area contributed by atoms with Crippen LogP contribution >= 0.6 is 0 Å². The fourth-order valence-corrected chi connectivity index (χ4v) is 6.19. The van der Waals surface area contributed by atoms with E-state index in [9.17, 15) is 18.0 Å². The standard InChI is InChI=1S/C24H41F3N2O5Si2/c1-12-13-15-17(18(30)33-35(8,9)20(2,3)4)28-19(31-15)23(34-36(10,11)21(5,6)7)22(24(25,26)27)14-16(29-23)32-22/h16,29H,12-14H2,1-11H3. The number of carbonyl (C=O) groups is 1. The third-order valence-corrected chi connectivity index (χ3v) is 17.0. The van der Waals surface area contributed by atoms with Gasteiger partial charge in [-0.3, -0.25) is 5.32 Å². The first kappa shape index (κ1) is 29.3. The molecule has 3 unspecified atom stereocenters. The average Bonchev–Trinajstić information content (AvgIpc) is 3.27. The molecule has 3 aliphatic rings. The molecule has 0 radical (unpaired) electrons. The van der Waals surface area contributed by atoms with Gasteiger partial charge in [-0.15, -0.1) is 0 Å². The summed E-state index contributed by atoms with van der Waals surface area (Å²) in [5.74, 6) is -0.831. The minimum Gasteiger partial charge on any atom is -0.514 e. The van der Waals surface area contributed by atoms with Crippen LogP contribution in [0.5, 0.6) is 0 Å². The highest BCUT2D eigenvalue weighted by atomic mass is 28.4. The van der Waals surface area contributed by atoms with E-state index in [1.807, 2.05) is 74.7 Å². The number of rotatable bonds is 7. The maximum Gasteiger partial charge on any atom is 0.422 e. The van der Waals surface area contributed by atoms with E-state index >= 15 is 0 Å². The molecule has 36 heavy (non-hydrogen) atoms. The van der Waals surface area contributed by atoms with Gasteiger partial charge in [0, 0.05) is 12.8 Å². The topological polar surface area (TPSA) is 82.8 Å². The van der Waals surface area contributed by atoms with Crippen molar-refractivity contribution in [3.63, 3.8) is 0 Å². The fraction of sp³-hybridized carbons (Fsp3) is 0.833. The molecule has 3 saturated heterocycles. The highest BCUT2D eigenvalue weighted by molar-refractivity contribution is 6.75. The van der Waals surface area contributed by atoms with Gasteiger partial charge in [0.1, 0.15) is 12.0 Å². The van der Waals surface area contributed by atoms with Gasteiger partial charge >= 0.3 is 12.1 Å². The van der Waals surface area contributed by atoms with Crippen LogP contribution in [-0.2, 0) is 25.7 Å². The molecule has 1 N–H and O–H groups in total. The normalized spacial score (nSPS) is 27.2. The lowest BCUT2D eigenvalue weighted by Gasteiger charge is -2.49. The molecule has 0 aliphatic carbocycles. The molecule has 1 aromatic rings. The van der Waals surface area contributed by atoms with Crippen molar-refractivity contribution in [1.29, 1.82) is 0 Å². The molecular formula is C24H41F3N2O5Si2. The zero-order valence-corrected chi connectivity index (χ0v) is 25.3. The molecular weight excluding hydrogens is 509 g/mol. The number of hydrogen-bond donors (Lipinski definition) is 1. The van der Waals surface area contributed by atoms with Gasteiger partial charge in [0.25, 0.3) is 8.32 Å². The van der Waals surface area contributed by atoms with Gasteiger partial charge in [-0.1, -0.05) is 48.5 Å². The monoisotopic (exact) mass is 550 g/mol. The Morgan fingerprint density at radius 2 is 1.61 bits per heavy atom. The van der Waals surface area contributed by atoms with Gasteiger partial charge in [-0.05, 0) is 42.7 Å². The number of hydrogen-bond acceptors (Lipinski definition) is 7. The summed E-state index contributed by atoms with van der Waals surface area (Å²) < 4.78 is 67.7. The van der Waals surface area contributed by atoms with Crippen molar-refractivity contribution in [3.05, 3.63) is 17.3 Å². The second-order valence-electron chi connectivity index (χ2n) is 13.0. The number of ether oxygens (including phenoxy) is 1. The maximum absolute atomic E-state index is 14.6. The van der Waals surface area contributed by atoms with Crippen LogP contribution in [0.25, 0.3) is 0 Å². The van der Waals surface area contributed by atoms with Gasteiger partial charge in [0.2, 0.25) is 17.2 Å². The summed E-state index contributed by atoms with van der Waals surface area (Å²) in [4.78, 5) is 17.7. The lowest BCUT2D eigenvalue weighted by molar-refractivity contribution is -0.357. The summed E-state index contributed by atoms with van der Waals surface area (Å²) in [5, 5.41) is 2.23. The predicted molar refractivity (Wildman–Crippen MR) is 134 cm³/mol. The van der Waals surface area contributed by atoms with Gasteiger partial charge in [-0.25, -0.2) is 9.78 Å². The van der Waals surface area contributed by atoms with Crippen LogP contribution < -0.4 is 5.32 Å². The van der Waals surface area contributed by atoms with Crippen molar-refractivity contribution in [1.82, 2.24) is 10.3 Å².